The van der Waals surface area contributed by atoms with E-state index in [4.69, 9.17) is 16.0 Å². The van der Waals surface area contributed by atoms with Gasteiger partial charge in [-0.1, -0.05) is 29.8 Å². The lowest BCUT2D eigenvalue weighted by atomic mass is 9.98. The summed E-state index contributed by atoms with van der Waals surface area (Å²) in [4.78, 5) is 32.8. The summed E-state index contributed by atoms with van der Waals surface area (Å²) in [6.07, 6.45) is 3.49. The number of rotatable bonds is 6. The van der Waals surface area contributed by atoms with Crippen LogP contribution in [0.25, 0.3) is 33.4 Å². The fourth-order valence-corrected chi connectivity index (χ4v) is 4.91. The summed E-state index contributed by atoms with van der Waals surface area (Å²) in [5, 5.41) is 3.62. The van der Waals surface area contributed by atoms with Crippen molar-refractivity contribution in [3.63, 3.8) is 0 Å². The second-order valence-electron chi connectivity index (χ2n) is 9.39. The Hall–Kier alpha value is -4.49. The van der Waals surface area contributed by atoms with E-state index in [1.54, 1.807) is 48.5 Å². The molecule has 0 bridgehead atoms. The highest BCUT2D eigenvalue weighted by Crippen LogP contribution is 2.38. The van der Waals surface area contributed by atoms with E-state index in [-0.39, 0.29) is 23.7 Å². The first-order valence-corrected chi connectivity index (χ1v) is 12.9. The topological polar surface area (TPSA) is 75.4 Å². The van der Waals surface area contributed by atoms with Gasteiger partial charge in [0, 0.05) is 30.2 Å². The van der Waals surface area contributed by atoms with Crippen molar-refractivity contribution in [1.29, 1.82) is 0 Å². The molecule has 1 N–H and O–H groups in total. The second-order valence-corrected chi connectivity index (χ2v) is 9.80. The lowest BCUT2D eigenvalue weighted by Crippen LogP contribution is -2.34. The number of furan rings is 1. The van der Waals surface area contributed by atoms with Crippen molar-refractivity contribution < 1.29 is 18.4 Å². The fourth-order valence-electron chi connectivity index (χ4n) is 4.72. The van der Waals surface area contributed by atoms with Gasteiger partial charge in [-0.2, -0.15) is 0 Å². The van der Waals surface area contributed by atoms with Crippen molar-refractivity contribution in [3.05, 3.63) is 107 Å². The van der Waals surface area contributed by atoms with Crippen molar-refractivity contribution in [2.75, 3.05) is 11.9 Å². The summed E-state index contributed by atoms with van der Waals surface area (Å²) in [7, 11) is 1.55. The molecule has 0 aliphatic heterocycles. The highest BCUT2D eigenvalue weighted by atomic mass is 35.5. The number of benzene rings is 3. The average Bonchev–Trinajstić information content (AvgIpc) is 3.72. The van der Waals surface area contributed by atoms with Crippen molar-refractivity contribution in [3.8, 4) is 22.5 Å². The minimum absolute atomic E-state index is 0.0920. The first-order chi connectivity index (χ1) is 18.9. The van der Waals surface area contributed by atoms with Crippen LogP contribution in [0.1, 0.15) is 33.6 Å². The number of nitrogens with one attached hydrogen (secondary N) is 1. The van der Waals surface area contributed by atoms with Gasteiger partial charge in [-0.15, -0.1) is 0 Å². The number of nitrogens with zero attached hydrogens (tertiary/aromatic N) is 2. The van der Waals surface area contributed by atoms with Gasteiger partial charge in [-0.05, 0) is 84.6 Å². The minimum atomic E-state index is -0.380. The zero-order valence-corrected chi connectivity index (χ0v) is 21.7. The van der Waals surface area contributed by atoms with Gasteiger partial charge in [0.2, 0.25) is 0 Å². The summed E-state index contributed by atoms with van der Waals surface area (Å²) in [6, 6.07) is 22.2. The zero-order chi connectivity index (χ0) is 27.1. The molecular weight excluding hydrogens is 517 g/mol. The number of anilines is 1. The summed E-state index contributed by atoms with van der Waals surface area (Å²) < 4.78 is 19.6. The van der Waals surface area contributed by atoms with Gasteiger partial charge < -0.3 is 9.73 Å². The Labute approximate surface area is 229 Å². The third kappa shape index (κ3) is 4.66. The van der Waals surface area contributed by atoms with Crippen LogP contribution in [0.2, 0.25) is 5.02 Å². The van der Waals surface area contributed by atoms with Crippen molar-refractivity contribution in [2.45, 2.75) is 18.9 Å². The Morgan fingerprint density at radius 3 is 2.38 bits per heavy atom. The van der Waals surface area contributed by atoms with E-state index in [0.717, 1.165) is 24.0 Å². The molecule has 194 valence electrons. The maximum atomic E-state index is 13.7. The lowest BCUT2D eigenvalue weighted by molar-refractivity contribution is 0.0962. The van der Waals surface area contributed by atoms with Crippen LogP contribution in [0, 0.1) is 5.82 Å². The first-order valence-electron chi connectivity index (χ1n) is 12.5. The summed E-state index contributed by atoms with van der Waals surface area (Å²) in [6.45, 7) is 0. The van der Waals surface area contributed by atoms with Crippen LogP contribution in [-0.4, -0.2) is 29.9 Å². The summed E-state index contributed by atoms with van der Waals surface area (Å²) in [5.41, 5.74) is 3.35. The monoisotopic (exact) mass is 539 g/mol. The fraction of sp³-hybridized carbons (Fsp3) is 0.129. The number of carbonyl (C=O) groups excluding carboxylic acids is 2. The minimum Gasteiger partial charge on any atom is -0.455 e. The van der Waals surface area contributed by atoms with Gasteiger partial charge in [-0.3, -0.25) is 14.5 Å². The molecule has 1 aliphatic rings. The Bertz CT molecular complexity index is 1710. The number of fused-ring (bicyclic) bond motifs is 1. The number of hydrogen-bond acceptors (Lipinski definition) is 4. The maximum Gasteiger partial charge on any atom is 0.261 e. The van der Waals surface area contributed by atoms with E-state index in [2.05, 4.69) is 10.3 Å². The Morgan fingerprint density at radius 1 is 0.974 bits per heavy atom. The van der Waals surface area contributed by atoms with Crippen LogP contribution < -0.4 is 10.2 Å². The molecule has 3 aromatic carbocycles. The largest absolute Gasteiger partial charge is 0.455 e. The molecule has 2 heterocycles. The molecule has 2 amide bonds. The molecule has 1 saturated carbocycles. The van der Waals surface area contributed by atoms with Crippen LogP contribution in [0.3, 0.4) is 0 Å². The van der Waals surface area contributed by atoms with Crippen LogP contribution in [-0.2, 0) is 0 Å². The van der Waals surface area contributed by atoms with Gasteiger partial charge >= 0.3 is 0 Å². The standard InChI is InChI=1S/C31H23ClFN3O3/c1-34-30(37)28-24-17-20(8-14-26(24)39-29(28)18-5-9-21(33)10-6-18)19-7-13-25(32)23(16-19)31(38)36(22-11-12-22)27-4-2-3-15-35-27/h2-10,13-17,22H,11-12H2,1H3,(H,34,37). The molecule has 6 nitrogen and oxygen atoms in total. The smallest absolute Gasteiger partial charge is 0.261 e. The normalized spacial score (nSPS) is 12.9. The Kier molecular flexibility index (Phi) is 6.37. The van der Waals surface area contributed by atoms with Crippen LogP contribution in [0.15, 0.2) is 89.5 Å². The van der Waals surface area contributed by atoms with E-state index in [1.165, 1.54) is 12.1 Å². The molecule has 6 rings (SSSR count). The number of hydrogen-bond donors (Lipinski definition) is 1. The number of pyridine rings is 1. The predicted octanol–water partition coefficient (Wildman–Crippen LogP) is 7.12. The molecule has 0 unspecified atom stereocenters. The number of halogens is 2. The number of amides is 2. The number of carbonyl (C=O) groups is 2. The molecule has 2 aromatic heterocycles. The van der Waals surface area contributed by atoms with E-state index in [9.17, 15) is 14.0 Å². The van der Waals surface area contributed by atoms with E-state index >= 15 is 0 Å². The van der Waals surface area contributed by atoms with Crippen molar-refractivity contribution in [1.82, 2.24) is 10.3 Å². The van der Waals surface area contributed by atoms with Gasteiger partial charge in [0.15, 0.2) is 0 Å². The quantitative estimate of drug-likeness (QED) is 0.249. The molecule has 0 atom stereocenters. The maximum absolute atomic E-state index is 13.7. The van der Waals surface area contributed by atoms with E-state index in [0.29, 0.717) is 44.3 Å². The summed E-state index contributed by atoms with van der Waals surface area (Å²) >= 11 is 6.54. The zero-order valence-electron chi connectivity index (χ0n) is 20.9. The SMILES string of the molecule is CNC(=O)c1c(-c2ccc(F)cc2)oc2ccc(-c3ccc(Cl)c(C(=O)N(c4ccccn4)C4CC4)c3)cc12. The van der Waals surface area contributed by atoms with Crippen LogP contribution in [0.4, 0.5) is 10.2 Å². The number of aromatic nitrogens is 1. The molecule has 1 aliphatic carbocycles. The molecule has 1 fully saturated rings. The van der Waals surface area contributed by atoms with Gasteiger partial charge in [0.05, 0.1) is 16.1 Å². The first kappa shape index (κ1) is 24.8. The van der Waals surface area contributed by atoms with Crippen molar-refractivity contribution >= 4 is 40.2 Å². The molecule has 0 spiro atoms. The second kappa shape index (κ2) is 10.0. The van der Waals surface area contributed by atoms with E-state index in [1.807, 2.05) is 36.4 Å². The Morgan fingerprint density at radius 2 is 1.69 bits per heavy atom. The van der Waals surface area contributed by atoms with Crippen LogP contribution in [0.5, 0.6) is 0 Å². The molecule has 8 heteroatoms. The molecule has 5 aromatic rings. The Balaban J connectivity index is 1.44. The molecule has 0 saturated heterocycles. The van der Waals surface area contributed by atoms with E-state index < -0.39 is 0 Å². The predicted molar refractivity (Wildman–Crippen MR) is 150 cm³/mol. The highest BCUT2D eigenvalue weighted by Gasteiger charge is 2.35. The van der Waals surface area contributed by atoms with Gasteiger partial charge in [-0.25, -0.2) is 9.37 Å². The van der Waals surface area contributed by atoms with Crippen molar-refractivity contribution in [2.24, 2.45) is 0 Å². The molecule has 0 radical (unpaired) electrons. The van der Waals surface area contributed by atoms with Gasteiger partial charge in [0.25, 0.3) is 11.8 Å². The third-order valence-corrected chi connectivity index (χ3v) is 7.14. The lowest BCUT2D eigenvalue weighted by Gasteiger charge is -2.22. The summed E-state index contributed by atoms with van der Waals surface area (Å²) in [5.74, 6) is 0.0264. The third-order valence-electron chi connectivity index (χ3n) is 6.81. The van der Waals surface area contributed by atoms with Crippen LogP contribution >= 0.6 is 11.6 Å². The molecule has 39 heavy (non-hydrogen) atoms. The average molecular weight is 540 g/mol. The van der Waals surface area contributed by atoms with Gasteiger partial charge in [0.1, 0.15) is 23.0 Å². The highest BCUT2D eigenvalue weighted by molar-refractivity contribution is 6.34. The molecular formula is C31H23ClFN3O3.